The molecule has 0 bridgehead atoms. The number of ether oxygens (including phenoxy) is 2. The van der Waals surface area contributed by atoms with Crippen molar-refractivity contribution >= 4 is 11.6 Å². The third-order valence-corrected chi connectivity index (χ3v) is 3.76. The molecular formula is C22H21NO3. The Hall–Kier alpha value is -3.27. The molecule has 3 rings (SSSR count). The van der Waals surface area contributed by atoms with E-state index in [1.807, 2.05) is 85.8 Å². The van der Waals surface area contributed by atoms with Gasteiger partial charge >= 0.3 is 0 Å². The van der Waals surface area contributed by atoms with E-state index in [0.29, 0.717) is 23.8 Å². The highest BCUT2D eigenvalue weighted by Gasteiger charge is 2.09. The fourth-order valence-electron chi connectivity index (χ4n) is 2.47. The summed E-state index contributed by atoms with van der Waals surface area (Å²) in [6, 6.07) is 24.9. The summed E-state index contributed by atoms with van der Waals surface area (Å²) < 4.78 is 11.4. The molecule has 0 unspecified atom stereocenters. The van der Waals surface area contributed by atoms with Crippen LogP contribution in [0.3, 0.4) is 0 Å². The maximum atomic E-state index is 12.2. The summed E-state index contributed by atoms with van der Waals surface area (Å²) in [5.74, 6) is 1.07. The molecule has 0 aliphatic rings. The molecule has 4 heteroatoms. The topological polar surface area (TPSA) is 47.6 Å². The van der Waals surface area contributed by atoms with Gasteiger partial charge in [-0.05, 0) is 42.3 Å². The minimum absolute atomic E-state index is 0.0591. The molecule has 132 valence electrons. The summed E-state index contributed by atoms with van der Waals surface area (Å²) in [5.41, 5.74) is 2.78. The van der Waals surface area contributed by atoms with Gasteiger partial charge in [0.05, 0.1) is 5.69 Å². The van der Waals surface area contributed by atoms with E-state index in [-0.39, 0.29) is 12.5 Å². The predicted octanol–water partition coefficient (Wildman–Crippen LogP) is 4.59. The zero-order valence-electron chi connectivity index (χ0n) is 14.6. The van der Waals surface area contributed by atoms with Gasteiger partial charge in [-0.1, -0.05) is 54.6 Å². The summed E-state index contributed by atoms with van der Waals surface area (Å²) in [6.07, 6.45) is 0. The number of hydrogen-bond acceptors (Lipinski definition) is 3. The second kappa shape index (κ2) is 8.72. The smallest absolute Gasteiger partial charge is 0.262 e. The number of aryl methyl sites for hydroxylation is 1. The largest absolute Gasteiger partial charge is 0.487 e. The second-order valence-corrected chi connectivity index (χ2v) is 5.92. The number of carbonyl (C=O) groups is 1. The quantitative estimate of drug-likeness (QED) is 0.680. The van der Waals surface area contributed by atoms with Gasteiger partial charge in [0.2, 0.25) is 0 Å². The molecule has 4 nitrogen and oxygen atoms in total. The van der Waals surface area contributed by atoms with Crippen LogP contribution in [0.2, 0.25) is 0 Å². The Balaban J connectivity index is 1.58. The Bertz CT molecular complexity index is 862. The Morgan fingerprint density at radius 1 is 0.885 bits per heavy atom. The number of amides is 1. The molecule has 0 aliphatic carbocycles. The maximum absolute atomic E-state index is 12.2. The first-order valence-electron chi connectivity index (χ1n) is 8.46. The van der Waals surface area contributed by atoms with Crippen LogP contribution in [-0.4, -0.2) is 12.5 Å². The van der Waals surface area contributed by atoms with Gasteiger partial charge in [-0.15, -0.1) is 0 Å². The molecule has 0 aromatic heterocycles. The second-order valence-electron chi connectivity index (χ2n) is 5.92. The van der Waals surface area contributed by atoms with E-state index in [2.05, 4.69) is 5.32 Å². The zero-order chi connectivity index (χ0) is 18.2. The summed E-state index contributed by atoms with van der Waals surface area (Å²) >= 11 is 0. The molecule has 0 saturated heterocycles. The lowest BCUT2D eigenvalue weighted by atomic mass is 10.2. The van der Waals surface area contributed by atoms with Gasteiger partial charge < -0.3 is 14.8 Å². The van der Waals surface area contributed by atoms with Crippen LogP contribution in [0.15, 0.2) is 78.9 Å². The molecule has 0 aliphatic heterocycles. The predicted molar refractivity (Wildman–Crippen MR) is 103 cm³/mol. The number of carbonyl (C=O) groups excluding carboxylic acids is 1. The van der Waals surface area contributed by atoms with Crippen molar-refractivity contribution < 1.29 is 14.3 Å². The summed E-state index contributed by atoms with van der Waals surface area (Å²) in [6.45, 7) is 2.36. The van der Waals surface area contributed by atoms with Crippen molar-refractivity contribution in [2.24, 2.45) is 0 Å². The van der Waals surface area contributed by atoms with Crippen LogP contribution >= 0.6 is 0 Å². The van der Waals surface area contributed by atoms with Crippen LogP contribution in [0, 0.1) is 6.92 Å². The van der Waals surface area contributed by atoms with Crippen molar-refractivity contribution in [1.29, 1.82) is 0 Å². The minimum atomic E-state index is -0.234. The van der Waals surface area contributed by atoms with Crippen LogP contribution in [-0.2, 0) is 11.4 Å². The van der Waals surface area contributed by atoms with Crippen molar-refractivity contribution in [3.05, 3.63) is 90.0 Å². The standard InChI is InChI=1S/C22H21NO3/c1-17-8-7-11-19(14-17)25-16-22(24)23-20-12-5-6-13-21(20)26-15-18-9-3-2-4-10-18/h2-14H,15-16H2,1H3,(H,23,24). The number of para-hydroxylation sites is 2. The number of benzene rings is 3. The molecule has 1 amide bonds. The van der Waals surface area contributed by atoms with E-state index < -0.39 is 0 Å². The number of hydrogen-bond donors (Lipinski definition) is 1. The fraction of sp³-hybridized carbons (Fsp3) is 0.136. The molecule has 3 aromatic carbocycles. The summed E-state index contributed by atoms with van der Waals surface area (Å²) in [7, 11) is 0. The summed E-state index contributed by atoms with van der Waals surface area (Å²) in [4.78, 5) is 12.2. The maximum Gasteiger partial charge on any atom is 0.262 e. The van der Waals surface area contributed by atoms with Gasteiger partial charge in [0.15, 0.2) is 6.61 Å². The molecule has 26 heavy (non-hydrogen) atoms. The van der Waals surface area contributed by atoms with Crippen molar-refractivity contribution in [3.8, 4) is 11.5 Å². The van der Waals surface area contributed by atoms with Crippen LogP contribution in [0.25, 0.3) is 0 Å². The average Bonchev–Trinajstić information content (AvgIpc) is 2.67. The van der Waals surface area contributed by atoms with Gasteiger partial charge in [-0.2, -0.15) is 0 Å². The van der Waals surface area contributed by atoms with E-state index in [4.69, 9.17) is 9.47 Å². The van der Waals surface area contributed by atoms with Gasteiger partial charge in [0, 0.05) is 0 Å². The van der Waals surface area contributed by atoms with E-state index in [1.54, 1.807) is 0 Å². The number of nitrogens with one attached hydrogen (secondary N) is 1. The molecule has 0 atom stereocenters. The first-order chi connectivity index (χ1) is 12.7. The first kappa shape index (κ1) is 17.5. The van der Waals surface area contributed by atoms with E-state index in [0.717, 1.165) is 11.1 Å². The Morgan fingerprint density at radius 3 is 2.46 bits per heavy atom. The van der Waals surface area contributed by atoms with Crippen molar-refractivity contribution in [2.75, 3.05) is 11.9 Å². The molecule has 0 spiro atoms. The van der Waals surface area contributed by atoms with Crippen molar-refractivity contribution in [2.45, 2.75) is 13.5 Å². The number of rotatable bonds is 7. The monoisotopic (exact) mass is 347 g/mol. The molecule has 0 heterocycles. The SMILES string of the molecule is Cc1cccc(OCC(=O)Nc2ccccc2OCc2ccccc2)c1. The van der Waals surface area contributed by atoms with Crippen LogP contribution in [0.1, 0.15) is 11.1 Å². The van der Waals surface area contributed by atoms with Gasteiger partial charge in [-0.3, -0.25) is 4.79 Å². The lowest BCUT2D eigenvalue weighted by molar-refractivity contribution is -0.118. The highest BCUT2D eigenvalue weighted by molar-refractivity contribution is 5.93. The first-order valence-corrected chi connectivity index (χ1v) is 8.46. The zero-order valence-corrected chi connectivity index (χ0v) is 14.6. The van der Waals surface area contributed by atoms with Crippen LogP contribution in [0.5, 0.6) is 11.5 Å². The van der Waals surface area contributed by atoms with E-state index >= 15 is 0 Å². The average molecular weight is 347 g/mol. The highest BCUT2D eigenvalue weighted by Crippen LogP contribution is 2.24. The van der Waals surface area contributed by atoms with Gasteiger partial charge in [-0.25, -0.2) is 0 Å². The number of anilines is 1. The van der Waals surface area contributed by atoms with Gasteiger partial charge in [0.25, 0.3) is 5.91 Å². The van der Waals surface area contributed by atoms with E-state index in [1.165, 1.54) is 0 Å². The Labute approximate surface area is 153 Å². The van der Waals surface area contributed by atoms with Gasteiger partial charge in [0.1, 0.15) is 18.1 Å². The van der Waals surface area contributed by atoms with Crippen LogP contribution in [0.4, 0.5) is 5.69 Å². The lowest BCUT2D eigenvalue weighted by Crippen LogP contribution is -2.20. The third kappa shape index (κ3) is 5.11. The normalized spacial score (nSPS) is 10.2. The Morgan fingerprint density at radius 2 is 1.65 bits per heavy atom. The third-order valence-electron chi connectivity index (χ3n) is 3.76. The van der Waals surface area contributed by atoms with Crippen molar-refractivity contribution in [3.63, 3.8) is 0 Å². The minimum Gasteiger partial charge on any atom is -0.487 e. The lowest BCUT2D eigenvalue weighted by Gasteiger charge is -2.13. The Kier molecular flexibility index (Phi) is 5.88. The fourth-order valence-corrected chi connectivity index (χ4v) is 2.47. The molecular weight excluding hydrogens is 326 g/mol. The summed E-state index contributed by atoms with van der Waals surface area (Å²) in [5, 5.41) is 2.84. The van der Waals surface area contributed by atoms with Crippen LogP contribution < -0.4 is 14.8 Å². The highest BCUT2D eigenvalue weighted by atomic mass is 16.5. The molecule has 0 fully saturated rings. The molecule has 3 aromatic rings. The van der Waals surface area contributed by atoms with E-state index in [9.17, 15) is 4.79 Å². The van der Waals surface area contributed by atoms with Crippen molar-refractivity contribution in [1.82, 2.24) is 0 Å². The molecule has 1 N–H and O–H groups in total. The molecule has 0 saturated carbocycles. The molecule has 0 radical (unpaired) electrons.